The summed E-state index contributed by atoms with van der Waals surface area (Å²) in [5.74, 6) is 3.08. The first-order chi connectivity index (χ1) is 11.7. The summed E-state index contributed by atoms with van der Waals surface area (Å²) in [6.07, 6.45) is 0. The van der Waals surface area contributed by atoms with Crippen molar-refractivity contribution in [2.24, 2.45) is 0 Å². The molecule has 0 N–H and O–H groups in total. The van der Waals surface area contributed by atoms with Crippen molar-refractivity contribution in [3.63, 3.8) is 0 Å². The van der Waals surface area contributed by atoms with Gasteiger partial charge in [-0.2, -0.15) is 0 Å². The molecule has 0 bridgehead atoms. The molecule has 0 aliphatic rings. The van der Waals surface area contributed by atoms with E-state index in [0.717, 1.165) is 27.1 Å². The summed E-state index contributed by atoms with van der Waals surface area (Å²) in [5.41, 5.74) is 3.61. The third-order valence-corrected chi connectivity index (χ3v) is 5.27. The number of hydrogen-bond donors (Lipinski definition) is 0. The average Bonchev–Trinajstić information content (AvgIpc) is 2.59. The van der Waals surface area contributed by atoms with E-state index in [0.29, 0.717) is 13.2 Å². The first-order valence-corrected chi connectivity index (χ1v) is 9.54. The molecule has 0 aromatic heterocycles. The van der Waals surface area contributed by atoms with Crippen LogP contribution in [0.3, 0.4) is 0 Å². The van der Waals surface area contributed by atoms with Crippen molar-refractivity contribution >= 4 is 29.1 Å². The highest BCUT2D eigenvalue weighted by Crippen LogP contribution is 2.47. The predicted octanol–water partition coefficient (Wildman–Crippen LogP) is 5.57. The molecule has 24 heavy (non-hydrogen) atoms. The zero-order chi connectivity index (χ0) is 17.0. The molecular weight excluding hydrogens is 319 g/mol. The number of benzene rings is 3. The summed E-state index contributed by atoms with van der Waals surface area (Å²) in [5, 5.41) is 4.26. The maximum absolute atomic E-state index is 12.6. The summed E-state index contributed by atoms with van der Waals surface area (Å²) in [6.45, 7) is 4.14. The summed E-state index contributed by atoms with van der Waals surface area (Å²) < 4.78 is 23.2. The van der Waals surface area contributed by atoms with Crippen molar-refractivity contribution < 1.29 is 13.6 Å². The molecule has 122 valence electrons. The topological polar surface area (TPSA) is 35.5 Å². The van der Waals surface area contributed by atoms with E-state index in [1.54, 1.807) is 13.8 Å². The minimum atomic E-state index is -3.40. The van der Waals surface area contributed by atoms with Gasteiger partial charge in [-0.25, -0.2) is 4.57 Å². The highest BCUT2D eigenvalue weighted by Gasteiger charge is 2.20. The second kappa shape index (κ2) is 7.20. The SMILES string of the molecule is CCOP(=O)(C#Cc1c2ccccc2cc2ccccc12)OCC. The van der Waals surface area contributed by atoms with Gasteiger partial charge in [0.2, 0.25) is 0 Å². The monoisotopic (exact) mass is 338 g/mol. The normalized spacial score (nSPS) is 11.4. The van der Waals surface area contributed by atoms with Gasteiger partial charge in [-0.3, -0.25) is 9.05 Å². The Balaban J connectivity index is 2.24. The summed E-state index contributed by atoms with van der Waals surface area (Å²) in [7, 11) is -3.40. The molecule has 3 aromatic carbocycles. The van der Waals surface area contributed by atoms with Crippen molar-refractivity contribution in [2.75, 3.05) is 13.2 Å². The van der Waals surface area contributed by atoms with Gasteiger partial charge < -0.3 is 0 Å². The van der Waals surface area contributed by atoms with Gasteiger partial charge in [0.1, 0.15) is 0 Å². The smallest absolute Gasteiger partial charge is 0.300 e. The first-order valence-electron chi connectivity index (χ1n) is 7.99. The van der Waals surface area contributed by atoms with Gasteiger partial charge in [0.15, 0.2) is 0 Å². The van der Waals surface area contributed by atoms with Crippen LogP contribution in [0, 0.1) is 11.6 Å². The molecule has 0 aliphatic heterocycles. The summed E-state index contributed by atoms with van der Waals surface area (Å²) in [6, 6.07) is 18.3. The van der Waals surface area contributed by atoms with Crippen LogP contribution in [-0.4, -0.2) is 13.2 Å². The third-order valence-electron chi connectivity index (χ3n) is 3.69. The first kappa shape index (κ1) is 16.7. The fourth-order valence-electron chi connectivity index (χ4n) is 2.71. The number of hydrogen-bond acceptors (Lipinski definition) is 3. The molecular formula is C20H19O3P. The van der Waals surface area contributed by atoms with E-state index in [4.69, 9.17) is 9.05 Å². The van der Waals surface area contributed by atoms with E-state index in [1.165, 1.54) is 0 Å². The zero-order valence-corrected chi connectivity index (χ0v) is 14.7. The minimum absolute atomic E-state index is 0.294. The van der Waals surface area contributed by atoms with Crippen LogP contribution in [0.2, 0.25) is 0 Å². The lowest BCUT2D eigenvalue weighted by Crippen LogP contribution is -1.93. The van der Waals surface area contributed by atoms with Crippen LogP contribution < -0.4 is 0 Å². The Labute approximate surface area is 142 Å². The summed E-state index contributed by atoms with van der Waals surface area (Å²) in [4.78, 5) is 0. The molecule has 0 spiro atoms. The van der Waals surface area contributed by atoms with Crippen LogP contribution in [0.1, 0.15) is 19.4 Å². The Morgan fingerprint density at radius 1 is 0.875 bits per heavy atom. The Morgan fingerprint density at radius 2 is 1.38 bits per heavy atom. The molecule has 0 amide bonds. The lowest BCUT2D eigenvalue weighted by Gasteiger charge is -2.10. The van der Waals surface area contributed by atoms with E-state index < -0.39 is 7.60 Å². The van der Waals surface area contributed by atoms with Crippen molar-refractivity contribution in [2.45, 2.75) is 13.8 Å². The molecule has 0 saturated heterocycles. The van der Waals surface area contributed by atoms with Crippen LogP contribution in [0.5, 0.6) is 0 Å². The maximum atomic E-state index is 12.6. The van der Waals surface area contributed by atoms with Crippen LogP contribution >= 0.6 is 7.60 Å². The number of fused-ring (bicyclic) bond motifs is 2. The fourth-order valence-corrected chi connectivity index (χ4v) is 3.85. The lowest BCUT2D eigenvalue weighted by atomic mass is 9.97. The third kappa shape index (κ3) is 3.37. The van der Waals surface area contributed by atoms with Crippen molar-refractivity contribution in [1.82, 2.24) is 0 Å². The predicted molar refractivity (Wildman–Crippen MR) is 99.2 cm³/mol. The summed E-state index contributed by atoms with van der Waals surface area (Å²) >= 11 is 0. The maximum Gasteiger partial charge on any atom is 0.405 e. The van der Waals surface area contributed by atoms with Crippen molar-refractivity contribution in [3.8, 4) is 11.6 Å². The molecule has 0 radical (unpaired) electrons. The molecule has 4 heteroatoms. The Hall–Kier alpha value is -2.11. The van der Waals surface area contributed by atoms with Gasteiger partial charge in [0.25, 0.3) is 0 Å². The van der Waals surface area contributed by atoms with Gasteiger partial charge >= 0.3 is 7.60 Å². The van der Waals surface area contributed by atoms with E-state index >= 15 is 0 Å². The molecule has 0 aliphatic carbocycles. The van der Waals surface area contributed by atoms with E-state index in [-0.39, 0.29) is 0 Å². The van der Waals surface area contributed by atoms with E-state index in [2.05, 4.69) is 29.8 Å². The average molecular weight is 338 g/mol. The van der Waals surface area contributed by atoms with Crippen LogP contribution in [0.4, 0.5) is 0 Å². The van der Waals surface area contributed by atoms with E-state index in [9.17, 15) is 4.57 Å². The van der Waals surface area contributed by atoms with Crippen molar-refractivity contribution in [3.05, 3.63) is 60.2 Å². The fraction of sp³-hybridized carbons (Fsp3) is 0.200. The van der Waals surface area contributed by atoms with Crippen LogP contribution in [0.25, 0.3) is 21.5 Å². The van der Waals surface area contributed by atoms with Gasteiger partial charge in [-0.1, -0.05) is 54.5 Å². The second-order valence-electron chi connectivity index (χ2n) is 5.26. The minimum Gasteiger partial charge on any atom is -0.300 e. The van der Waals surface area contributed by atoms with Gasteiger partial charge in [-0.05, 0) is 41.5 Å². The molecule has 3 rings (SSSR count). The zero-order valence-electron chi connectivity index (χ0n) is 13.8. The molecule has 3 nitrogen and oxygen atoms in total. The number of rotatable bonds is 4. The van der Waals surface area contributed by atoms with Crippen molar-refractivity contribution in [1.29, 1.82) is 0 Å². The van der Waals surface area contributed by atoms with Gasteiger partial charge in [0, 0.05) is 11.2 Å². The molecule has 3 aromatic rings. The largest absolute Gasteiger partial charge is 0.405 e. The highest BCUT2D eigenvalue weighted by atomic mass is 31.2. The lowest BCUT2D eigenvalue weighted by molar-refractivity contribution is 0.230. The Kier molecular flexibility index (Phi) is 5.02. The highest BCUT2D eigenvalue weighted by molar-refractivity contribution is 7.59. The van der Waals surface area contributed by atoms with Crippen LogP contribution in [0.15, 0.2) is 54.6 Å². The van der Waals surface area contributed by atoms with Gasteiger partial charge in [0.05, 0.1) is 13.2 Å². The standard InChI is InChI=1S/C20H19O3P/c1-3-22-24(21,23-4-2)14-13-20-18-11-7-5-9-16(18)15-17-10-6-8-12-19(17)20/h5-12,15H,3-4H2,1-2H3. The second-order valence-corrected chi connectivity index (χ2v) is 7.00. The molecule has 0 fully saturated rings. The van der Waals surface area contributed by atoms with E-state index in [1.807, 2.05) is 36.4 Å². The van der Waals surface area contributed by atoms with Gasteiger partial charge in [-0.15, -0.1) is 0 Å². The molecule has 0 heterocycles. The molecule has 0 atom stereocenters. The Bertz CT molecular complexity index is 918. The molecule has 0 saturated carbocycles. The quantitative estimate of drug-likeness (QED) is 0.354. The van der Waals surface area contributed by atoms with Crippen LogP contribution in [-0.2, 0) is 13.6 Å². The Morgan fingerprint density at radius 3 is 1.88 bits per heavy atom. The molecule has 0 unspecified atom stereocenters.